The van der Waals surface area contributed by atoms with E-state index in [2.05, 4.69) is 47.6 Å². The average Bonchev–Trinajstić information content (AvgIpc) is 3.38. The van der Waals surface area contributed by atoms with Crippen molar-refractivity contribution in [2.45, 2.75) is 46.2 Å². The number of hydrogen-bond acceptors (Lipinski definition) is 5. The number of aryl methyl sites for hydroxylation is 1. The number of likely N-dealkylation sites (N-methyl/N-ethyl adjacent to an activating group) is 1. The molecule has 1 amide bonds. The topological polar surface area (TPSA) is 50.6 Å². The molecule has 1 saturated heterocycles. The number of fused-ring (bicyclic) bond motifs is 1. The van der Waals surface area contributed by atoms with Gasteiger partial charge in [0.25, 0.3) is 0 Å². The normalized spacial score (nSPS) is 18.9. The van der Waals surface area contributed by atoms with E-state index in [1.54, 1.807) is 0 Å². The van der Waals surface area contributed by atoms with Crippen LogP contribution < -0.4 is 0 Å². The van der Waals surface area contributed by atoms with E-state index in [0.717, 1.165) is 57.7 Å². The van der Waals surface area contributed by atoms with Gasteiger partial charge in [-0.05, 0) is 61.7 Å². The van der Waals surface area contributed by atoms with Gasteiger partial charge in [-0.3, -0.25) is 14.6 Å². The van der Waals surface area contributed by atoms with Crippen molar-refractivity contribution in [3.05, 3.63) is 45.1 Å². The molecule has 164 valence electrons. The molecular formula is C25H32N4OS. The Morgan fingerprint density at radius 2 is 2.10 bits per heavy atom. The Morgan fingerprint density at radius 3 is 2.84 bits per heavy atom. The average molecular weight is 437 g/mol. The van der Waals surface area contributed by atoms with E-state index in [1.165, 1.54) is 20.9 Å². The Hall–Kier alpha value is -2.20. The molecule has 2 aromatic rings. The smallest absolute Gasteiger partial charge is 0.236 e. The van der Waals surface area contributed by atoms with Gasteiger partial charge in [-0.25, -0.2) is 0 Å². The summed E-state index contributed by atoms with van der Waals surface area (Å²) in [5.74, 6) is 0.272. The predicted octanol–water partition coefficient (Wildman–Crippen LogP) is 3.90. The van der Waals surface area contributed by atoms with E-state index >= 15 is 0 Å². The maximum Gasteiger partial charge on any atom is 0.236 e. The van der Waals surface area contributed by atoms with Crippen LogP contribution in [0.2, 0.25) is 0 Å². The lowest BCUT2D eigenvalue weighted by atomic mass is 9.95. The van der Waals surface area contributed by atoms with Crippen LogP contribution in [0.5, 0.6) is 0 Å². The summed E-state index contributed by atoms with van der Waals surface area (Å²) in [6.07, 6.45) is 2.05. The highest BCUT2D eigenvalue weighted by Crippen LogP contribution is 2.39. The first kappa shape index (κ1) is 22.0. The van der Waals surface area contributed by atoms with Crippen LogP contribution in [-0.2, 0) is 17.8 Å². The minimum Gasteiger partial charge on any atom is -0.340 e. The minimum atomic E-state index is 0.272. The number of rotatable bonds is 6. The molecule has 2 aliphatic heterocycles. The summed E-state index contributed by atoms with van der Waals surface area (Å²) in [4.78, 5) is 22.5. The summed E-state index contributed by atoms with van der Waals surface area (Å²) < 4.78 is 0. The SMILES string of the molecule is CCN(CC)C1CCN(C(=O)CN2CCc3c(sc(C)c3-c3cccc(C#N)c3)C2)C1. The molecule has 3 heterocycles. The van der Waals surface area contributed by atoms with E-state index in [9.17, 15) is 10.1 Å². The third-order valence-electron chi connectivity index (χ3n) is 6.80. The van der Waals surface area contributed by atoms with Crippen LogP contribution in [0, 0.1) is 18.3 Å². The second kappa shape index (κ2) is 9.52. The van der Waals surface area contributed by atoms with Crippen LogP contribution in [0.15, 0.2) is 24.3 Å². The lowest BCUT2D eigenvalue weighted by Crippen LogP contribution is -2.43. The summed E-state index contributed by atoms with van der Waals surface area (Å²) in [5.41, 5.74) is 4.54. The zero-order chi connectivity index (χ0) is 22.0. The molecule has 1 aromatic carbocycles. The summed E-state index contributed by atoms with van der Waals surface area (Å²) in [6, 6.07) is 10.7. The number of carbonyl (C=O) groups is 1. The second-order valence-corrected chi connectivity index (χ2v) is 9.90. The maximum atomic E-state index is 13.0. The van der Waals surface area contributed by atoms with Gasteiger partial charge in [-0.2, -0.15) is 5.26 Å². The minimum absolute atomic E-state index is 0.272. The van der Waals surface area contributed by atoms with E-state index < -0.39 is 0 Å². The van der Waals surface area contributed by atoms with Crippen molar-refractivity contribution >= 4 is 17.2 Å². The van der Waals surface area contributed by atoms with Crippen LogP contribution in [-0.4, -0.2) is 65.9 Å². The lowest BCUT2D eigenvalue weighted by Gasteiger charge is -2.29. The molecule has 5 nitrogen and oxygen atoms in total. The highest BCUT2D eigenvalue weighted by molar-refractivity contribution is 7.12. The molecule has 0 bridgehead atoms. The zero-order valence-corrected chi connectivity index (χ0v) is 19.7. The molecule has 1 fully saturated rings. The first-order chi connectivity index (χ1) is 15.0. The molecule has 4 rings (SSSR count). The number of hydrogen-bond donors (Lipinski definition) is 0. The third kappa shape index (κ3) is 4.55. The monoisotopic (exact) mass is 436 g/mol. The Bertz CT molecular complexity index is 988. The van der Waals surface area contributed by atoms with E-state index in [-0.39, 0.29) is 5.91 Å². The van der Waals surface area contributed by atoms with Gasteiger partial charge in [0, 0.05) is 42.0 Å². The number of nitriles is 1. The number of amides is 1. The van der Waals surface area contributed by atoms with E-state index in [0.29, 0.717) is 18.2 Å². The molecule has 0 radical (unpaired) electrons. The number of likely N-dealkylation sites (tertiary alicyclic amines) is 1. The van der Waals surface area contributed by atoms with Gasteiger partial charge in [-0.1, -0.05) is 26.0 Å². The van der Waals surface area contributed by atoms with Gasteiger partial charge in [0.1, 0.15) is 0 Å². The van der Waals surface area contributed by atoms with Crippen molar-refractivity contribution in [2.24, 2.45) is 0 Å². The Morgan fingerprint density at radius 1 is 1.29 bits per heavy atom. The van der Waals surface area contributed by atoms with Crippen molar-refractivity contribution in [1.82, 2.24) is 14.7 Å². The fraction of sp³-hybridized carbons (Fsp3) is 0.520. The Kier molecular flexibility index (Phi) is 6.76. The predicted molar refractivity (Wildman–Crippen MR) is 126 cm³/mol. The molecule has 1 aromatic heterocycles. The molecule has 0 N–H and O–H groups in total. The first-order valence-electron chi connectivity index (χ1n) is 11.4. The van der Waals surface area contributed by atoms with Crippen LogP contribution in [0.25, 0.3) is 11.1 Å². The summed E-state index contributed by atoms with van der Waals surface area (Å²) in [5, 5.41) is 9.26. The zero-order valence-electron chi connectivity index (χ0n) is 18.9. The van der Waals surface area contributed by atoms with Crippen molar-refractivity contribution < 1.29 is 4.79 Å². The number of thiophene rings is 1. The summed E-state index contributed by atoms with van der Waals surface area (Å²) in [7, 11) is 0. The molecule has 0 aliphatic carbocycles. The summed E-state index contributed by atoms with van der Waals surface area (Å²) >= 11 is 1.84. The quantitative estimate of drug-likeness (QED) is 0.689. The lowest BCUT2D eigenvalue weighted by molar-refractivity contribution is -0.131. The molecule has 0 spiro atoms. The molecule has 31 heavy (non-hydrogen) atoms. The van der Waals surface area contributed by atoms with Gasteiger partial charge < -0.3 is 4.90 Å². The molecule has 1 unspecified atom stereocenters. The Labute approximate surface area is 189 Å². The number of nitrogens with zero attached hydrogens (tertiary/aromatic N) is 4. The van der Waals surface area contributed by atoms with E-state index in [4.69, 9.17) is 0 Å². The van der Waals surface area contributed by atoms with Gasteiger partial charge in [-0.15, -0.1) is 11.3 Å². The molecular weight excluding hydrogens is 404 g/mol. The van der Waals surface area contributed by atoms with Crippen LogP contribution in [0.4, 0.5) is 0 Å². The maximum absolute atomic E-state index is 13.0. The second-order valence-electron chi connectivity index (χ2n) is 8.59. The van der Waals surface area contributed by atoms with Crippen molar-refractivity contribution in [2.75, 3.05) is 39.3 Å². The summed E-state index contributed by atoms with van der Waals surface area (Å²) in [6.45, 7) is 12.7. The molecule has 2 aliphatic rings. The van der Waals surface area contributed by atoms with Crippen LogP contribution in [0.1, 0.15) is 41.1 Å². The van der Waals surface area contributed by atoms with Gasteiger partial charge in [0.05, 0.1) is 18.2 Å². The van der Waals surface area contributed by atoms with Crippen molar-refractivity contribution in [3.8, 4) is 17.2 Å². The van der Waals surface area contributed by atoms with Crippen molar-refractivity contribution in [1.29, 1.82) is 5.26 Å². The first-order valence-corrected chi connectivity index (χ1v) is 12.2. The molecule has 1 atom stereocenters. The highest BCUT2D eigenvalue weighted by Gasteiger charge is 2.31. The highest BCUT2D eigenvalue weighted by atomic mass is 32.1. The number of benzene rings is 1. The molecule has 0 saturated carbocycles. The fourth-order valence-corrected chi connectivity index (χ4v) is 6.44. The van der Waals surface area contributed by atoms with Crippen LogP contribution in [0.3, 0.4) is 0 Å². The largest absolute Gasteiger partial charge is 0.340 e. The van der Waals surface area contributed by atoms with Gasteiger partial charge in [0.15, 0.2) is 0 Å². The Balaban J connectivity index is 1.42. The fourth-order valence-electron chi connectivity index (χ4n) is 5.15. The third-order valence-corrected chi connectivity index (χ3v) is 7.93. The molecule has 6 heteroatoms. The van der Waals surface area contributed by atoms with Gasteiger partial charge >= 0.3 is 0 Å². The standard InChI is InChI=1S/C25H32N4OS/c1-4-28(5-2)21-9-12-29(15-21)24(30)17-27-11-10-22-23(16-27)31-18(3)25(22)20-8-6-7-19(13-20)14-26/h6-8,13,21H,4-5,9-12,15-17H2,1-3H3. The van der Waals surface area contributed by atoms with E-state index in [1.807, 2.05) is 29.5 Å². The van der Waals surface area contributed by atoms with Crippen LogP contribution >= 0.6 is 11.3 Å². The van der Waals surface area contributed by atoms with Gasteiger partial charge in [0.2, 0.25) is 5.91 Å². The number of carbonyl (C=O) groups excluding carboxylic acids is 1. The van der Waals surface area contributed by atoms with Crippen molar-refractivity contribution in [3.63, 3.8) is 0 Å².